The van der Waals surface area contributed by atoms with Gasteiger partial charge in [-0.25, -0.2) is 9.59 Å². The van der Waals surface area contributed by atoms with E-state index in [1.165, 1.54) is 6.92 Å². The molecule has 1 rings (SSSR count). The van der Waals surface area contributed by atoms with Gasteiger partial charge in [0, 0.05) is 19.1 Å². The maximum Gasteiger partial charge on any atom is 0.329 e. The number of rotatable bonds is 3. The maximum atomic E-state index is 11.1. The summed E-state index contributed by atoms with van der Waals surface area (Å²) in [6, 6.07) is -1.08. The molecule has 90 valence electrons. The number of imide groups is 1. The molecule has 1 aromatic rings. The number of hydrogen-bond donors (Lipinski definition) is 3. The maximum absolute atomic E-state index is 11.1. The Kier molecular flexibility index (Phi) is 3.92. The summed E-state index contributed by atoms with van der Waals surface area (Å²) in [7, 11) is 0. The number of aromatic nitrogens is 2. The lowest BCUT2D eigenvalue weighted by atomic mass is 10.5. The van der Waals surface area contributed by atoms with E-state index < -0.39 is 17.9 Å². The van der Waals surface area contributed by atoms with Gasteiger partial charge in [-0.1, -0.05) is 5.10 Å². The summed E-state index contributed by atoms with van der Waals surface area (Å²) in [5, 5.41) is 19.0. The molecule has 0 spiro atoms. The second kappa shape index (κ2) is 5.39. The molecule has 0 saturated heterocycles. The summed E-state index contributed by atoms with van der Waals surface area (Å²) in [6.07, 6.45) is 1.29. The van der Waals surface area contributed by atoms with E-state index in [2.05, 4.69) is 15.5 Å². The van der Waals surface area contributed by atoms with Crippen LogP contribution in [0.5, 0.6) is 0 Å². The van der Waals surface area contributed by atoms with E-state index in [4.69, 9.17) is 9.52 Å². The Morgan fingerprint density at radius 1 is 1.29 bits per heavy atom. The van der Waals surface area contributed by atoms with Gasteiger partial charge in [0.25, 0.3) is 5.91 Å². The number of urea groups is 1. The largest absolute Gasteiger partial charge is 0.478 e. The molecule has 1 aromatic heterocycles. The fourth-order valence-corrected chi connectivity index (χ4v) is 0.776. The van der Waals surface area contributed by atoms with Crippen molar-refractivity contribution in [1.29, 1.82) is 0 Å². The molecule has 9 heteroatoms. The van der Waals surface area contributed by atoms with Crippen LogP contribution in [0.2, 0.25) is 0 Å². The normalized spacial score (nSPS) is 10.2. The highest BCUT2D eigenvalue weighted by Crippen LogP contribution is 2.02. The lowest BCUT2D eigenvalue weighted by Gasteiger charge is -1.99. The van der Waals surface area contributed by atoms with Crippen molar-refractivity contribution < 1.29 is 23.9 Å². The number of carbonyl (C=O) groups is 3. The van der Waals surface area contributed by atoms with Crippen LogP contribution in [0.1, 0.15) is 5.89 Å². The van der Waals surface area contributed by atoms with Gasteiger partial charge in [0.2, 0.25) is 5.89 Å². The molecule has 0 atom stereocenters. The number of aliphatic carboxylic acids is 1. The highest BCUT2D eigenvalue weighted by atomic mass is 16.4. The SMILES string of the molecule is Cc1nnc(NC(=O)NC(=O)/C=C/C(=O)O)o1. The second-order valence-electron chi connectivity index (χ2n) is 2.74. The summed E-state index contributed by atoms with van der Waals surface area (Å²) < 4.78 is 4.82. The van der Waals surface area contributed by atoms with Crippen molar-refractivity contribution in [3.63, 3.8) is 0 Å². The van der Waals surface area contributed by atoms with Crippen LogP contribution in [0.3, 0.4) is 0 Å². The lowest BCUT2D eigenvalue weighted by molar-refractivity contribution is -0.131. The molecule has 0 aliphatic rings. The van der Waals surface area contributed by atoms with Crippen LogP contribution in [0.25, 0.3) is 0 Å². The number of amides is 3. The van der Waals surface area contributed by atoms with Gasteiger partial charge in [0.15, 0.2) is 0 Å². The van der Waals surface area contributed by atoms with Crippen molar-refractivity contribution >= 4 is 23.9 Å². The molecule has 0 fully saturated rings. The molecule has 1 heterocycles. The summed E-state index contributed by atoms with van der Waals surface area (Å²) in [6.45, 7) is 1.52. The first kappa shape index (κ1) is 12.4. The predicted octanol–water partition coefficient (Wildman–Crippen LogP) is -0.333. The number of hydrogen-bond acceptors (Lipinski definition) is 6. The molecule has 3 amide bonds. The number of carboxylic acids is 1. The van der Waals surface area contributed by atoms with Crippen molar-refractivity contribution in [3.8, 4) is 0 Å². The fraction of sp³-hybridized carbons (Fsp3) is 0.125. The van der Waals surface area contributed by atoms with Crippen LogP contribution in [0.15, 0.2) is 16.6 Å². The van der Waals surface area contributed by atoms with Crippen LogP contribution in [-0.4, -0.2) is 33.2 Å². The van der Waals surface area contributed by atoms with E-state index in [1.54, 1.807) is 0 Å². The molecule has 0 aliphatic heterocycles. The monoisotopic (exact) mass is 240 g/mol. The minimum Gasteiger partial charge on any atom is -0.478 e. The average molecular weight is 240 g/mol. The topological polar surface area (TPSA) is 134 Å². The van der Waals surface area contributed by atoms with Crippen molar-refractivity contribution in [3.05, 3.63) is 18.0 Å². The standard InChI is InChI=1S/C8H8N4O5/c1-4-11-12-8(17-4)10-7(16)9-5(13)2-3-6(14)15/h2-3H,1H3,(H,14,15)(H2,9,10,12,13,16)/b3-2+. The van der Waals surface area contributed by atoms with Crippen molar-refractivity contribution in [1.82, 2.24) is 15.5 Å². The van der Waals surface area contributed by atoms with Crippen LogP contribution >= 0.6 is 0 Å². The highest BCUT2D eigenvalue weighted by Gasteiger charge is 2.09. The first-order valence-corrected chi connectivity index (χ1v) is 4.30. The Hall–Kier alpha value is -2.71. The van der Waals surface area contributed by atoms with E-state index in [-0.39, 0.29) is 11.9 Å². The van der Waals surface area contributed by atoms with E-state index in [0.717, 1.165) is 0 Å². The van der Waals surface area contributed by atoms with Crippen molar-refractivity contribution in [2.24, 2.45) is 0 Å². The van der Waals surface area contributed by atoms with Gasteiger partial charge < -0.3 is 9.52 Å². The van der Waals surface area contributed by atoms with Crippen molar-refractivity contribution in [2.75, 3.05) is 5.32 Å². The minimum atomic E-state index is -1.30. The zero-order valence-electron chi connectivity index (χ0n) is 8.63. The predicted molar refractivity (Wildman–Crippen MR) is 53.0 cm³/mol. The Balaban J connectivity index is 2.45. The van der Waals surface area contributed by atoms with E-state index in [9.17, 15) is 14.4 Å². The number of aryl methyl sites for hydroxylation is 1. The van der Waals surface area contributed by atoms with Gasteiger partial charge in [0.1, 0.15) is 0 Å². The molecule has 0 saturated carbocycles. The Bertz CT molecular complexity index is 478. The van der Waals surface area contributed by atoms with E-state index >= 15 is 0 Å². The number of nitrogens with one attached hydrogen (secondary N) is 2. The van der Waals surface area contributed by atoms with Gasteiger partial charge in [-0.05, 0) is 0 Å². The van der Waals surface area contributed by atoms with Gasteiger partial charge in [-0.2, -0.15) is 0 Å². The zero-order valence-corrected chi connectivity index (χ0v) is 8.63. The van der Waals surface area contributed by atoms with Gasteiger partial charge in [0.05, 0.1) is 0 Å². The molecule has 17 heavy (non-hydrogen) atoms. The number of anilines is 1. The van der Waals surface area contributed by atoms with Crippen LogP contribution < -0.4 is 10.6 Å². The number of carboxylic acid groups (broad SMARTS) is 1. The summed E-state index contributed by atoms with van der Waals surface area (Å²) >= 11 is 0. The molecule has 0 bridgehead atoms. The minimum absolute atomic E-state index is 0.171. The summed E-state index contributed by atoms with van der Waals surface area (Å²) in [4.78, 5) is 32.2. The Morgan fingerprint density at radius 2 is 2.00 bits per heavy atom. The third kappa shape index (κ3) is 4.55. The smallest absolute Gasteiger partial charge is 0.329 e. The zero-order chi connectivity index (χ0) is 12.8. The molecule has 3 N–H and O–H groups in total. The van der Waals surface area contributed by atoms with Crippen LogP contribution in [-0.2, 0) is 9.59 Å². The highest BCUT2D eigenvalue weighted by molar-refractivity contribution is 6.05. The summed E-state index contributed by atoms with van der Waals surface area (Å²) in [5.74, 6) is -1.94. The number of nitrogens with zero attached hydrogens (tertiary/aromatic N) is 2. The molecule has 0 unspecified atom stereocenters. The quantitative estimate of drug-likeness (QED) is 0.615. The molecule has 0 aliphatic carbocycles. The Morgan fingerprint density at radius 3 is 2.53 bits per heavy atom. The first-order chi connectivity index (χ1) is 7.97. The van der Waals surface area contributed by atoms with Gasteiger partial charge in [-0.3, -0.25) is 15.4 Å². The van der Waals surface area contributed by atoms with Crippen LogP contribution in [0, 0.1) is 6.92 Å². The molecular weight excluding hydrogens is 232 g/mol. The lowest BCUT2D eigenvalue weighted by Crippen LogP contribution is -2.33. The van der Waals surface area contributed by atoms with Crippen molar-refractivity contribution in [2.45, 2.75) is 6.92 Å². The third-order valence-corrected chi connectivity index (χ3v) is 1.36. The molecule has 0 aromatic carbocycles. The summed E-state index contributed by atoms with van der Waals surface area (Å²) in [5.41, 5.74) is 0. The van der Waals surface area contributed by atoms with Gasteiger partial charge in [-0.15, -0.1) is 5.10 Å². The van der Waals surface area contributed by atoms with E-state index in [0.29, 0.717) is 12.2 Å². The average Bonchev–Trinajstić information content (AvgIpc) is 2.60. The van der Waals surface area contributed by atoms with Gasteiger partial charge >= 0.3 is 18.0 Å². The fourth-order valence-electron chi connectivity index (χ4n) is 0.776. The first-order valence-electron chi connectivity index (χ1n) is 4.30. The number of carbonyl (C=O) groups excluding carboxylic acids is 2. The van der Waals surface area contributed by atoms with Crippen LogP contribution in [0.4, 0.5) is 10.8 Å². The molecular formula is C8H8N4O5. The van der Waals surface area contributed by atoms with E-state index in [1.807, 2.05) is 5.32 Å². The third-order valence-electron chi connectivity index (χ3n) is 1.36. The Labute approximate surface area is 94.5 Å². The molecule has 0 radical (unpaired) electrons. The molecule has 9 nitrogen and oxygen atoms in total. The second-order valence-corrected chi connectivity index (χ2v) is 2.74.